The number of amides is 3. The van der Waals surface area contributed by atoms with Crippen molar-refractivity contribution in [2.75, 3.05) is 0 Å². The van der Waals surface area contributed by atoms with Crippen molar-refractivity contribution in [3.63, 3.8) is 0 Å². The topological polar surface area (TPSA) is 70.2 Å². The van der Waals surface area contributed by atoms with Crippen molar-refractivity contribution in [3.05, 3.63) is 0 Å². The smallest absolute Gasteiger partial charge is 0.321 e. The third-order valence-corrected chi connectivity index (χ3v) is 4.71. The molecule has 2 aliphatic carbocycles. The Morgan fingerprint density at radius 2 is 1.80 bits per heavy atom. The molecule has 2 aliphatic rings. The normalized spacial score (nSPS) is 31.4. The van der Waals surface area contributed by atoms with E-state index >= 15 is 0 Å². The third-order valence-electron chi connectivity index (χ3n) is 4.71. The zero-order valence-electron chi connectivity index (χ0n) is 12.7. The maximum absolute atomic E-state index is 12.0. The second kappa shape index (κ2) is 6.57. The van der Waals surface area contributed by atoms with Gasteiger partial charge in [0.2, 0.25) is 5.91 Å². The summed E-state index contributed by atoms with van der Waals surface area (Å²) in [6.45, 7) is 6.34. The van der Waals surface area contributed by atoms with Gasteiger partial charge < -0.3 is 10.6 Å². The standard InChI is InChI=1S/C15H27N3O2/c1-9-5-4-6-13(10(9)2)16-11(3)14(19)18-15(20)17-12-7-8-12/h9-13,16H,4-8H2,1-3H3,(H2,17,18,19,20). The van der Waals surface area contributed by atoms with Gasteiger partial charge in [-0.25, -0.2) is 4.79 Å². The van der Waals surface area contributed by atoms with Gasteiger partial charge >= 0.3 is 6.03 Å². The molecule has 0 radical (unpaired) electrons. The van der Waals surface area contributed by atoms with E-state index in [4.69, 9.17) is 0 Å². The number of hydrogen-bond acceptors (Lipinski definition) is 3. The summed E-state index contributed by atoms with van der Waals surface area (Å²) in [6, 6.07) is -0.0646. The van der Waals surface area contributed by atoms with Crippen molar-refractivity contribution in [2.24, 2.45) is 11.8 Å². The predicted octanol–water partition coefficient (Wildman–Crippen LogP) is 1.78. The lowest BCUT2D eigenvalue weighted by Crippen LogP contribution is -2.53. The van der Waals surface area contributed by atoms with Crippen LogP contribution in [-0.4, -0.2) is 30.1 Å². The van der Waals surface area contributed by atoms with Crippen LogP contribution in [0.25, 0.3) is 0 Å². The van der Waals surface area contributed by atoms with Crippen LogP contribution in [0.15, 0.2) is 0 Å². The second-order valence-electron chi connectivity index (χ2n) is 6.50. The molecule has 0 spiro atoms. The van der Waals surface area contributed by atoms with Crippen molar-refractivity contribution in [3.8, 4) is 0 Å². The summed E-state index contributed by atoms with van der Waals surface area (Å²) < 4.78 is 0. The fourth-order valence-electron chi connectivity index (χ4n) is 2.88. The summed E-state index contributed by atoms with van der Waals surface area (Å²) >= 11 is 0. The Morgan fingerprint density at radius 1 is 1.10 bits per heavy atom. The Morgan fingerprint density at radius 3 is 2.45 bits per heavy atom. The highest BCUT2D eigenvalue weighted by Gasteiger charge is 2.30. The summed E-state index contributed by atoms with van der Waals surface area (Å²) in [6.07, 6.45) is 5.63. The fraction of sp³-hybridized carbons (Fsp3) is 0.867. The molecule has 3 N–H and O–H groups in total. The van der Waals surface area contributed by atoms with Crippen LogP contribution in [0, 0.1) is 11.8 Å². The van der Waals surface area contributed by atoms with Crippen LogP contribution >= 0.6 is 0 Å². The van der Waals surface area contributed by atoms with Gasteiger partial charge in [0, 0.05) is 12.1 Å². The van der Waals surface area contributed by atoms with E-state index in [9.17, 15) is 9.59 Å². The van der Waals surface area contributed by atoms with Crippen LogP contribution in [-0.2, 0) is 4.79 Å². The van der Waals surface area contributed by atoms with Crippen LogP contribution in [0.5, 0.6) is 0 Å². The average Bonchev–Trinajstić information content (AvgIpc) is 3.18. The van der Waals surface area contributed by atoms with Crippen molar-refractivity contribution >= 4 is 11.9 Å². The van der Waals surface area contributed by atoms with E-state index < -0.39 is 0 Å². The van der Waals surface area contributed by atoms with E-state index in [0.717, 1.165) is 19.3 Å². The first kappa shape index (κ1) is 15.3. The average molecular weight is 281 g/mol. The molecule has 114 valence electrons. The predicted molar refractivity (Wildman–Crippen MR) is 78.3 cm³/mol. The van der Waals surface area contributed by atoms with Crippen LogP contribution < -0.4 is 16.0 Å². The van der Waals surface area contributed by atoms with Crippen molar-refractivity contribution in [2.45, 2.75) is 71.0 Å². The molecule has 0 saturated heterocycles. The molecule has 0 aromatic heterocycles. The summed E-state index contributed by atoms with van der Waals surface area (Å²) in [5, 5.41) is 8.56. The Balaban J connectivity index is 1.76. The highest BCUT2D eigenvalue weighted by atomic mass is 16.2. The molecule has 0 heterocycles. The van der Waals surface area contributed by atoms with Crippen molar-refractivity contribution in [1.29, 1.82) is 0 Å². The third kappa shape index (κ3) is 4.20. The lowest BCUT2D eigenvalue weighted by atomic mass is 9.78. The number of carbonyl (C=O) groups is 2. The maximum Gasteiger partial charge on any atom is 0.321 e. The van der Waals surface area contributed by atoms with Crippen LogP contribution in [0.2, 0.25) is 0 Å². The van der Waals surface area contributed by atoms with Crippen molar-refractivity contribution < 1.29 is 9.59 Å². The number of rotatable bonds is 4. The van der Waals surface area contributed by atoms with Gasteiger partial charge in [0.05, 0.1) is 6.04 Å². The van der Waals surface area contributed by atoms with Gasteiger partial charge in [-0.05, 0) is 38.0 Å². The first-order valence-electron chi connectivity index (χ1n) is 7.84. The first-order chi connectivity index (χ1) is 9.47. The van der Waals surface area contributed by atoms with E-state index in [0.29, 0.717) is 17.9 Å². The molecule has 4 unspecified atom stereocenters. The number of urea groups is 1. The molecule has 4 atom stereocenters. The summed E-state index contributed by atoms with van der Waals surface area (Å²) in [5.41, 5.74) is 0. The minimum atomic E-state index is -0.365. The van der Waals surface area contributed by atoms with E-state index in [1.807, 2.05) is 6.92 Å². The number of carbonyl (C=O) groups excluding carboxylic acids is 2. The molecule has 0 aromatic rings. The van der Waals surface area contributed by atoms with E-state index in [2.05, 4.69) is 29.8 Å². The van der Waals surface area contributed by atoms with Crippen LogP contribution in [0.3, 0.4) is 0 Å². The fourth-order valence-corrected chi connectivity index (χ4v) is 2.88. The monoisotopic (exact) mass is 281 g/mol. The molecular formula is C15H27N3O2. The molecule has 2 fully saturated rings. The quantitative estimate of drug-likeness (QED) is 0.735. The highest BCUT2D eigenvalue weighted by molar-refractivity contribution is 5.97. The minimum Gasteiger partial charge on any atom is -0.335 e. The Kier molecular flexibility index (Phi) is 5.02. The molecule has 5 nitrogen and oxygen atoms in total. The SMILES string of the molecule is CC(NC1CCCC(C)C1C)C(=O)NC(=O)NC1CC1. The zero-order chi connectivity index (χ0) is 14.7. The van der Waals surface area contributed by atoms with Gasteiger partial charge in [-0.1, -0.05) is 26.7 Å². The van der Waals surface area contributed by atoms with Gasteiger partial charge in [-0.2, -0.15) is 0 Å². The summed E-state index contributed by atoms with van der Waals surface area (Å²) in [4.78, 5) is 23.5. The molecule has 20 heavy (non-hydrogen) atoms. The van der Waals surface area contributed by atoms with E-state index in [1.54, 1.807) is 0 Å². The van der Waals surface area contributed by atoms with Crippen molar-refractivity contribution in [1.82, 2.24) is 16.0 Å². The molecule has 3 amide bonds. The molecule has 2 rings (SSSR count). The molecule has 0 aliphatic heterocycles. The molecular weight excluding hydrogens is 254 g/mol. The molecule has 0 bridgehead atoms. The van der Waals surface area contributed by atoms with Crippen LogP contribution in [0.4, 0.5) is 4.79 Å². The second-order valence-corrected chi connectivity index (χ2v) is 6.50. The van der Waals surface area contributed by atoms with Gasteiger partial charge in [-0.3, -0.25) is 10.1 Å². The molecule has 0 aromatic carbocycles. The highest BCUT2D eigenvalue weighted by Crippen LogP contribution is 2.29. The number of imide groups is 1. The molecule has 2 saturated carbocycles. The zero-order valence-corrected chi connectivity index (χ0v) is 12.7. The summed E-state index contributed by atoms with van der Waals surface area (Å²) in [5.74, 6) is 1.02. The first-order valence-corrected chi connectivity index (χ1v) is 7.84. The Hall–Kier alpha value is -1.10. The van der Waals surface area contributed by atoms with Gasteiger partial charge in [0.15, 0.2) is 0 Å². The Bertz CT molecular complexity index is 368. The van der Waals surface area contributed by atoms with Gasteiger partial charge in [-0.15, -0.1) is 0 Å². The van der Waals surface area contributed by atoms with E-state index in [-0.39, 0.29) is 24.0 Å². The molecule has 5 heteroatoms. The Labute approximate surface area is 121 Å². The summed E-state index contributed by atoms with van der Waals surface area (Å²) in [7, 11) is 0. The minimum absolute atomic E-state index is 0.242. The lowest BCUT2D eigenvalue weighted by Gasteiger charge is -2.36. The van der Waals surface area contributed by atoms with Gasteiger partial charge in [0.25, 0.3) is 0 Å². The number of nitrogens with one attached hydrogen (secondary N) is 3. The van der Waals surface area contributed by atoms with Gasteiger partial charge in [0.1, 0.15) is 0 Å². The largest absolute Gasteiger partial charge is 0.335 e. The van der Waals surface area contributed by atoms with E-state index in [1.165, 1.54) is 12.8 Å². The number of hydrogen-bond donors (Lipinski definition) is 3. The lowest BCUT2D eigenvalue weighted by molar-refractivity contribution is -0.122. The van der Waals surface area contributed by atoms with Crippen LogP contribution in [0.1, 0.15) is 52.9 Å². The maximum atomic E-state index is 12.0.